The number of H-pyrrole nitrogens is 2. The number of imidazole rings is 2. The fourth-order valence-corrected chi connectivity index (χ4v) is 9.59. The van der Waals surface area contributed by atoms with Crippen molar-refractivity contribution in [1.29, 1.82) is 0 Å². The van der Waals surface area contributed by atoms with Gasteiger partial charge in [0.25, 0.3) is 0 Å². The molecule has 0 spiro atoms. The number of aromatic amines is 2. The summed E-state index contributed by atoms with van der Waals surface area (Å²) < 4.78 is 6.61. The summed E-state index contributed by atoms with van der Waals surface area (Å²) in [6.45, 7) is 8.18. The Morgan fingerprint density at radius 3 is 2.74 bits per heavy atom. The number of aromatic nitrogens is 4. The van der Waals surface area contributed by atoms with Gasteiger partial charge in [-0.2, -0.15) is 0 Å². The second kappa shape index (κ2) is 11.2. The van der Waals surface area contributed by atoms with E-state index in [9.17, 15) is 4.79 Å². The fraction of sp³-hybridized carbons (Fsp3) is 0.605. The topological polar surface area (TPSA) is 98.9 Å². The monoisotopic (exact) mass is 620 g/mol. The molecule has 1 saturated carbocycles. The standard InChI is InChI=1S/C38H48N6O2/c1-20(2)21(3)38(45)44-32-8-4-6-24(32)16-33(44)37-41-29-12-10-22-15-28-26-11-9-23(31-18-40-36(42-31)30-7-5-13-39-30)14-25(26)19-46-34(28)17-27(22)35(29)43-37/h14-15,18,20-21,24,30,32-34,39H,4-13,16-17,19H2,1-3H3,(H,40,42)(H,41,43). The van der Waals surface area contributed by atoms with Crippen LogP contribution in [0.5, 0.6) is 0 Å². The Morgan fingerprint density at radius 1 is 0.978 bits per heavy atom. The minimum atomic E-state index is 0.0298. The number of nitrogens with one attached hydrogen (secondary N) is 3. The summed E-state index contributed by atoms with van der Waals surface area (Å²) >= 11 is 0. The third-order valence-electron chi connectivity index (χ3n) is 12.5. The molecular formula is C38H48N6O2. The highest BCUT2D eigenvalue weighted by Gasteiger charge is 2.49. The molecule has 4 aliphatic carbocycles. The molecule has 2 saturated heterocycles. The number of allylic oxidation sites excluding steroid dienone is 3. The number of carbonyl (C=O) groups is 1. The van der Waals surface area contributed by atoms with Crippen LogP contribution in [0, 0.1) is 17.8 Å². The maximum absolute atomic E-state index is 13.8. The van der Waals surface area contributed by atoms with Gasteiger partial charge in [-0.15, -0.1) is 0 Å². The van der Waals surface area contributed by atoms with E-state index in [0.717, 1.165) is 80.9 Å². The lowest BCUT2D eigenvalue weighted by Crippen LogP contribution is -2.42. The van der Waals surface area contributed by atoms with Gasteiger partial charge in [0.05, 0.1) is 42.4 Å². The molecule has 8 heteroatoms. The number of aryl methyl sites for hydroxylation is 1. The van der Waals surface area contributed by atoms with Crippen molar-refractivity contribution >= 4 is 17.1 Å². The average Bonchev–Trinajstić information content (AvgIpc) is 3.90. The molecule has 5 heterocycles. The number of fused-ring (bicyclic) bond motifs is 5. The molecule has 6 atom stereocenters. The molecule has 242 valence electrons. The highest BCUT2D eigenvalue weighted by molar-refractivity contribution is 5.80. The second-order valence-corrected chi connectivity index (χ2v) is 15.3. The van der Waals surface area contributed by atoms with Gasteiger partial charge in [-0.1, -0.05) is 39.3 Å². The van der Waals surface area contributed by atoms with Gasteiger partial charge in [-0.05, 0) is 110 Å². The summed E-state index contributed by atoms with van der Waals surface area (Å²) in [4.78, 5) is 33.6. The lowest BCUT2D eigenvalue weighted by atomic mass is 9.76. The van der Waals surface area contributed by atoms with Crippen LogP contribution in [0.15, 0.2) is 40.6 Å². The zero-order chi connectivity index (χ0) is 31.1. The van der Waals surface area contributed by atoms with Crippen LogP contribution in [0.1, 0.15) is 126 Å². The van der Waals surface area contributed by atoms with Crippen molar-refractivity contribution in [2.45, 2.75) is 116 Å². The van der Waals surface area contributed by atoms with Crippen LogP contribution < -0.4 is 5.32 Å². The smallest absolute Gasteiger partial charge is 0.226 e. The number of rotatable bonds is 5. The van der Waals surface area contributed by atoms with Crippen molar-refractivity contribution in [2.24, 2.45) is 17.8 Å². The first-order valence-electron chi connectivity index (χ1n) is 18.1. The molecule has 2 aromatic heterocycles. The minimum Gasteiger partial charge on any atom is -0.368 e. The van der Waals surface area contributed by atoms with E-state index in [0.29, 0.717) is 36.4 Å². The van der Waals surface area contributed by atoms with E-state index in [2.05, 4.69) is 53.1 Å². The number of ether oxygens (including phenoxy) is 1. The van der Waals surface area contributed by atoms with Gasteiger partial charge < -0.3 is 24.9 Å². The SMILES string of the molecule is CC(C)C(C)C(=O)N1C(c2nc3c([nH]2)CCC2=C3CC3OCC4=C(CCC(c5cnc(C6CCCN6)[nH]5)=C4)C3=C2)CC2CCCC21. The summed E-state index contributed by atoms with van der Waals surface area (Å²) in [5, 5.41) is 3.56. The lowest BCUT2D eigenvalue weighted by molar-refractivity contribution is -0.139. The van der Waals surface area contributed by atoms with E-state index in [1.54, 1.807) is 0 Å². The zero-order valence-corrected chi connectivity index (χ0v) is 27.6. The van der Waals surface area contributed by atoms with Crippen LogP contribution in [0.2, 0.25) is 0 Å². The first kappa shape index (κ1) is 29.0. The average molecular weight is 621 g/mol. The van der Waals surface area contributed by atoms with Crippen LogP contribution in [0.25, 0.3) is 11.1 Å². The molecule has 0 aromatic carbocycles. The summed E-state index contributed by atoms with van der Waals surface area (Å²) in [7, 11) is 0. The first-order chi connectivity index (χ1) is 22.4. The van der Waals surface area contributed by atoms with Gasteiger partial charge in [0, 0.05) is 24.1 Å². The summed E-state index contributed by atoms with van der Waals surface area (Å²) in [6, 6.07) is 0.796. The normalized spacial score (nSPS) is 31.0. The van der Waals surface area contributed by atoms with E-state index >= 15 is 0 Å². The van der Waals surface area contributed by atoms with Gasteiger partial charge in [-0.25, -0.2) is 9.97 Å². The Hall–Kier alpha value is -3.23. The molecule has 0 bridgehead atoms. The van der Waals surface area contributed by atoms with Crippen molar-refractivity contribution < 1.29 is 9.53 Å². The van der Waals surface area contributed by atoms with Crippen LogP contribution in [-0.2, 0) is 16.0 Å². The number of hydrogen-bond acceptors (Lipinski definition) is 5. The first-order valence-corrected chi connectivity index (χ1v) is 18.1. The molecule has 1 amide bonds. The highest BCUT2D eigenvalue weighted by atomic mass is 16.5. The Balaban J connectivity index is 0.999. The van der Waals surface area contributed by atoms with E-state index < -0.39 is 0 Å². The Labute approximate surface area is 272 Å². The Bertz CT molecular complexity index is 1700. The second-order valence-electron chi connectivity index (χ2n) is 15.3. The van der Waals surface area contributed by atoms with Gasteiger partial charge in [0.2, 0.25) is 5.91 Å². The molecule has 7 aliphatic rings. The molecule has 6 unspecified atom stereocenters. The zero-order valence-electron chi connectivity index (χ0n) is 27.6. The molecule has 2 aromatic rings. The van der Waals surface area contributed by atoms with Crippen molar-refractivity contribution in [3.8, 4) is 0 Å². The van der Waals surface area contributed by atoms with E-state index in [4.69, 9.17) is 14.7 Å². The van der Waals surface area contributed by atoms with E-state index in [1.807, 2.05) is 6.20 Å². The number of amides is 1. The molecular weight excluding hydrogens is 572 g/mol. The number of carbonyl (C=O) groups excluding carboxylic acids is 1. The molecule has 8 nitrogen and oxygen atoms in total. The van der Waals surface area contributed by atoms with E-state index in [-0.39, 0.29) is 18.1 Å². The number of likely N-dealkylation sites (tertiary alicyclic amines) is 1. The molecule has 46 heavy (non-hydrogen) atoms. The third-order valence-corrected chi connectivity index (χ3v) is 12.5. The highest BCUT2D eigenvalue weighted by Crippen LogP contribution is 2.50. The van der Waals surface area contributed by atoms with Gasteiger partial charge >= 0.3 is 0 Å². The number of hydrogen-bond donors (Lipinski definition) is 3. The molecule has 3 N–H and O–H groups in total. The quantitative estimate of drug-likeness (QED) is 0.338. The minimum absolute atomic E-state index is 0.0298. The van der Waals surface area contributed by atoms with Gasteiger partial charge in [0.1, 0.15) is 11.6 Å². The maximum Gasteiger partial charge on any atom is 0.226 e. The van der Waals surface area contributed by atoms with Crippen molar-refractivity contribution in [2.75, 3.05) is 13.2 Å². The molecule has 9 rings (SSSR count). The van der Waals surface area contributed by atoms with Crippen LogP contribution in [-0.4, -0.2) is 56.0 Å². The van der Waals surface area contributed by atoms with Gasteiger partial charge in [-0.3, -0.25) is 4.79 Å². The molecule has 3 fully saturated rings. The number of nitrogens with zero attached hydrogens (tertiary/aromatic N) is 3. The predicted octanol–water partition coefficient (Wildman–Crippen LogP) is 6.89. The van der Waals surface area contributed by atoms with Crippen molar-refractivity contribution in [3.05, 3.63) is 69.4 Å². The van der Waals surface area contributed by atoms with E-state index in [1.165, 1.54) is 58.4 Å². The van der Waals surface area contributed by atoms with Crippen LogP contribution in [0.3, 0.4) is 0 Å². The van der Waals surface area contributed by atoms with Crippen molar-refractivity contribution in [3.63, 3.8) is 0 Å². The molecule has 0 radical (unpaired) electrons. The summed E-state index contributed by atoms with van der Waals surface area (Å²) in [5.74, 6) is 3.37. The predicted molar refractivity (Wildman–Crippen MR) is 178 cm³/mol. The summed E-state index contributed by atoms with van der Waals surface area (Å²) in [5.41, 5.74) is 11.9. The Kier molecular flexibility index (Phi) is 7.04. The third kappa shape index (κ3) is 4.65. The Morgan fingerprint density at radius 2 is 1.89 bits per heavy atom. The summed E-state index contributed by atoms with van der Waals surface area (Å²) in [6.07, 6.45) is 18.9. The molecule has 3 aliphatic heterocycles. The van der Waals surface area contributed by atoms with Gasteiger partial charge in [0.15, 0.2) is 0 Å². The van der Waals surface area contributed by atoms with Crippen molar-refractivity contribution in [1.82, 2.24) is 30.2 Å². The largest absolute Gasteiger partial charge is 0.368 e. The van der Waals surface area contributed by atoms with Crippen LogP contribution >= 0.6 is 0 Å². The maximum atomic E-state index is 13.8. The fourth-order valence-electron chi connectivity index (χ4n) is 9.59. The van der Waals surface area contributed by atoms with Crippen LogP contribution in [0.4, 0.5) is 0 Å². The lowest BCUT2D eigenvalue weighted by Gasteiger charge is -2.37.